The minimum Gasteiger partial charge on any atom is -0.337 e. The Kier molecular flexibility index (Phi) is 1.86. The zero-order valence-corrected chi connectivity index (χ0v) is 8.80. The lowest BCUT2D eigenvalue weighted by atomic mass is 9.67. The molecule has 1 aliphatic carbocycles. The summed E-state index contributed by atoms with van der Waals surface area (Å²) in [5, 5.41) is 0. The quantitative estimate of drug-likeness (QED) is 0.578. The van der Waals surface area contributed by atoms with Crippen molar-refractivity contribution in [1.29, 1.82) is 0 Å². The molecule has 2 nitrogen and oxygen atoms in total. The first kappa shape index (κ1) is 8.75. The highest BCUT2D eigenvalue weighted by Crippen LogP contribution is 2.50. The zero-order chi connectivity index (χ0) is 9.60. The van der Waals surface area contributed by atoms with Crippen molar-refractivity contribution in [2.75, 3.05) is 6.54 Å². The van der Waals surface area contributed by atoms with E-state index in [2.05, 4.69) is 4.90 Å². The lowest BCUT2D eigenvalue weighted by Gasteiger charge is -2.51. The maximum atomic E-state index is 11.8. The molecule has 0 unspecified atom stereocenters. The fraction of sp³-hybridized carbons (Fsp3) is 0.917. The van der Waals surface area contributed by atoms with E-state index in [-0.39, 0.29) is 0 Å². The summed E-state index contributed by atoms with van der Waals surface area (Å²) in [4.78, 5) is 14.0. The van der Waals surface area contributed by atoms with Crippen molar-refractivity contribution in [3.63, 3.8) is 0 Å². The van der Waals surface area contributed by atoms with Crippen molar-refractivity contribution in [1.82, 2.24) is 4.90 Å². The second kappa shape index (κ2) is 2.98. The van der Waals surface area contributed by atoms with E-state index in [1.54, 1.807) is 0 Å². The van der Waals surface area contributed by atoms with Crippen LogP contribution in [-0.4, -0.2) is 22.9 Å². The third-order valence-electron chi connectivity index (χ3n) is 4.72. The molecule has 0 aromatic heterocycles. The molecule has 0 aromatic rings. The molecule has 1 spiro atoms. The van der Waals surface area contributed by atoms with Gasteiger partial charge in [0.2, 0.25) is 5.91 Å². The second-order valence-corrected chi connectivity index (χ2v) is 5.23. The Labute approximate surface area is 85.7 Å². The molecule has 1 saturated carbocycles. The van der Waals surface area contributed by atoms with Gasteiger partial charge < -0.3 is 4.90 Å². The van der Waals surface area contributed by atoms with Gasteiger partial charge in [-0.2, -0.15) is 0 Å². The molecule has 0 bridgehead atoms. The Balaban J connectivity index is 1.94. The molecule has 0 radical (unpaired) electrons. The minimum absolute atomic E-state index is 0.341. The van der Waals surface area contributed by atoms with E-state index in [1.807, 2.05) is 0 Å². The molecule has 1 amide bonds. The van der Waals surface area contributed by atoms with Gasteiger partial charge >= 0.3 is 0 Å². The summed E-state index contributed by atoms with van der Waals surface area (Å²) >= 11 is 0. The molecule has 2 atom stereocenters. The topological polar surface area (TPSA) is 20.3 Å². The Morgan fingerprint density at radius 3 is 2.93 bits per heavy atom. The van der Waals surface area contributed by atoms with Crippen molar-refractivity contribution in [2.45, 2.75) is 56.9 Å². The molecular formula is C12H19NO. The predicted molar refractivity (Wildman–Crippen MR) is 54.9 cm³/mol. The highest BCUT2D eigenvalue weighted by molar-refractivity contribution is 5.80. The average Bonchev–Trinajstić information content (AvgIpc) is 2.55. The van der Waals surface area contributed by atoms with E-state index in [0.29, 0.717) is 11.4 Å². The van der Waals surface area contributed by atoms with Gasteiger partial charge in [0, 0.05) is 18.5 Å². The lowest BCUT2D eigenvalue weighted by Crippen LogP contribution is -2.55. The Morgan fingerprint density at radius 2 is 2.00 bits per heavy atom. The molecule has 2 aliphatic heterocycles. The molecule has 0 aromatic carbocycles. The fourth-order valence-corrected chi connectivity index (χ4v) is 4.08. The van der Waals surface area contributed by atoms with Crippen LogP contribution in [-0.2, 0) is 4.79 Å². The monoisotopic (exact) mass is 193 g/mol. The summed E-state index contributed by atoms with van der Waals surface area (Å²) in [6.07, 6.45) is 10.0. The first-order valence-electron chi connectivity index (χ1n) is 6.13. The summed E-state index contributed by atoms with van der Waals surface area (Å²) in [6, 6.07) is 0. The third-order valence-corrected chi connectivity index (χ3v) is 4.72. The van der Waals surface area contributed by atoms with E-state index in [9.17, 15) is 4.79 Å². The van der Waals surface area contributed by atoms with Crippen LogP contribution in [0.2, 0.25) is 0 Å². The van der Waals surface area contributed by atoms with Crippen LogP contribution < -0.4 is 0 Å². The van der Waals surface area contributed by atoms with Crippen molar-refractivity contribution in [2.24, 2.45) is 5.92 Å². The van der Waals surface area contributed by atoms with E-state index in [4.69, 9.17) is 0 Å². The lowest BCUT2D eigenvalue weighted by molar-refractivity contribution is -0.136. The Bertz CT molecular complexity index is 261. The van der Waals surface area contributed by atoms with Gasteiger partial charge in [-0.05, 0) is 38.0 Å². The van der Waals surface area contributed by atoms with Gasteiger partial charge in [0.1, 0.15) is 0 Å². The fourth-order valence-electron chi connectivity index (χ4n) is 4.08. The van der Waals surface area contributed by atoms with E-state index >= 15 is 0 Å². The second-order valence-electron chi connectivity index (χ2n) is 5.23. The Hall–Kier alpha value is -0.530. The van der Waals surface area contributed by atoms with Crippen molar-refractivity contribution >= 4 is 5.91 Å². The minimum atomic E-state index is 0.341. The molecular weight excluding hydrogens is 174 g/mol. The summed E-state index contributed by atoms with van der Waals surface area (Å²) < 4.78 is 0. The van der Waals surface area contributed by atoms with Crippen LogP contribution in [0, 0.1) is 5.92 Å². The molecule has 0 N–H and O–H groups in total. The van der Waals surface area contributed by atoms with Crippen LogP contribution in [0.5, 0.6) is 0 Å². The first-order valence-corrected chi connectivity index (χ1v) is 6.13. The molecule has 2 saturated heterocycles. The molecule has 2 heteroatoms. The summed E-state index contributed by atoms with van der Waals surface area (Å²) in [5.41, 5.74) is 0.341. The molecule has 2 heterocycles. The number of piperidine rings is 1. The number of hydrogen-bond acceptors (Lipinski definition) is 1. The number of amides is 1. The van der Waals surface area contributed by atoms with Gasteiger partial charge in [-0.15, -0.1) is 0 Å². The molecule has 3 aliphatic rings. The predicted octanol–water partition coefficient (Wildman–Crippen LogP) is 2.33. The summed E-state index contributed by atoms with van der Waals surface area (Å²) in [6.45, 7) is 1.05. The van der Waals surface area contributed by atoms with Crippen LogP contribution in [0.25, 0.3) is 0 Å². The maximum absolute atomic E-state index is 11.8. The summed E-state index contributed by atoms with van der Waals surface area (Å²) in [5.74, 6) is 1.29. The number of nitrogens with zero attached hydrogens (tertiary/aromatic N) is 1. The van der Waals surface area contributed by atoms with Gasteiger partial charge in [-0.3, -0.25) is 4.79 Å². The van der Waals surface area contributed by atoms with Crippen LogP contribution in [0.4, 0.5) is 0 Å². The molecule has 14 heavy (non-hydrogen) atoms. The zero-order valence-electron chi connectivity index (χ0n) is 8.80. The van der Waals surface area contributed by atoms with Gasteiger partial charge in [0.25, 0.3) is 0 Å². The molecule has 3 rings (SSSR count). The highest BCUT2D eigenvalue weighted by atomic mass is 16.2. The van der Waals surface area contributed by atoms with E-state index in [0.717, 1.165) is 25.3 Å². The highest BCUT2D eigenvalue weighted by Gasteiger charge is 2.52. The average molecular weight is 193 g/mol. The third kappa shape index (κ3) is 0.999. The van der Waals surface area contributed by atoms with E-state index in [1.165, 1.54) is 38.5 Å². The molecule has 3 fully saturated rings. The number of rotatable bonds is 0. The number of hydrogen-bond donors (Lipinski definition) is 0. The van der Waals surface area contributed by atoms with Crippen molar-refractivity contribution < 1.29 is 4.79 Å². The van der Waals surface area contributed by atoms with Gasteiger partial charge in [0.15, 0.2) is 0 Å². The Morgan fingerprint density at radius 1 is 1.14 bits per heavy atom. The van der Waals surface area contributed by atoms with Crippen LogP contribution in [0.15, 0.2) is 0 Å². The van der Waals surface area contributed by atoms with Crippen LogP contribution >= 0.6 is 0 Å². The SMILES string of the molecule is O=C1CC[C@]23CCCC[C@@H]2CCCN13. The smallest absolute Gasteiger partial charge is 0.223 e. The van der Waals surface area contributed by atoms with E-state index < -0.39 is 0 Å². The number of carbonyl (C=O) groups excluding carboxylic acids is 1. The van der Waals surface area contributed by atoms with Gasteiger partial charge in [0.05, 0.1) is 0 Å². The van der Waals surface area contributed by atoms with Gasteiger partial charge in [-0.1, -0.05) is 12.8 Å². The largest absolute Gasteiger partial charge is 0.337 e. The van der Waals surface area contributed by atoms with Crippen molar-refractivity contribution in [3.05, 3.63) is 0 Å². The number of carbonyl (C=O) groups is 1. The van der Waals surface area contributed by atoms with Crippen LogP contribution in [0.1, 0.15) is 51.4 Å². The maximum Gasteiger partial charge on any atom is 0.223 e. The van der Waals surface area contributed by atoms with Crippen LogP contribution in [0.3, 0.4) is 0 Å². The summed E-state index contributed by atoms with van der Waals surface area (Å²) in [7, 11) is 0. The normalized spacial score (nSPS) is 42.1. The standard InChI is InChI=1S/C12H19NO/c14-11-6-8-12-7-2-1-4-10(12)5-3-9-13(11)12/h10H,1-9H2/t10-,12-/m1/s1. The molecule has 78 valence electrons. The first-order chi connectivity index (χ1) is 6.83. The van der Waals surface area contributed by atoms with Crippen molar-refractivity contribution in [3.8, 4) is 0 Å². The van der Waals surface area contributed by atoms with Gasteiger partial charge in [-0.25, -0.2) is 0 Å².